The minimum atomic E-state index is -3.72. The Balaban J connectivity index is 1.69. The monoisotopic (exact) mass is 364 g/mol. The molecule has 9 heteroatoms. The maximum absolute atomic E-state index is 12.4. The quantitative estimate of drug-likeness (QED) is 0.830. The van der Waals surface area contributed by atoms with Crippen molar-refractivity contribution >= 4 is 21.7 Å². The Morgan fingerprint density at radius 3 is 2.44 bits per heavy atom. The van der Waals surface area contributed by atoms with Crippen molar-refractivity contribution in [1.82, 2.24) is 10.2 Å². The van der Waals surface area contributed by atoms with Crippen molar-refractivity contribution < 1.29 is 17.9 Å². The number of sulfonamides is 1. The Hall–Kier alpha value is -2.39. The summed E-state index contributed by atoms with van der Waals surface area (Å²) in [6.45, 7) is 5.17. The molecule has 1 saturated heterocycles. The number of nitrogens with one attached hydrogen (secondary N) is 1. The molecule has 2 heterocycles. The van der Waals surface area contributed by atoms with Crippen LogP contribution in [0.4, 0.5) is 11.6 Å². The van der Waals surface area contributed by atoms with Gasteiger partial charge in [-0.2, -0.15) is 0 Å². The number of anilines is 2. The molecule has 1 aromatic carbocycles. The fraction of sp³-hybridized carbons (Fsp3) is 0.375. The predicted octanol–water partition coefficient (Wildman–Crippen LogP) is 1.51. The Labute approximate surface area is 146 Å². The van der Waals surface area contributed by atoms with Gasteiger partial charge in [0.1, 0.15) is 5.75 Å². The molecule has 1 N–H and O–H groups in total. The van der Waals surface area contributed by atoms with Crippen LogP contribution >= 0.6 is 0 Å². The fourth-order valence-corrected chi connectivity index (χ4v) is 3.42. The molecule has 0 atom stereocenters. The van der Waals surface area contributed by atoms with E-state index in [2.05, 4.69) is 14.9 Å². The van der Waals surface area contributed by atoms with Crippen molar-refractivity contribution in [1.29, 1.82) is 0 Å². The molecule has 2 aromatic rings. The second kappa shape index (κ2) is 7.66. The number of aromatic nitrogens is 2. The lowest BCUT2D eigenvalue weighted by Crippen LogP contribution is -2.36. The fourth-order valence-electron chi connectivity index (χ4n) is 2.42. The number of morpholine rings is 1. The van der Waals surface area contributed by atoms with Crippen LogP contribution in [-0.4, -0.2) is 51.5 Å². The van der Waals surface area contributed by atoms with Gasteiger partial charge in [-0.1, -0.05) is 0 Å². The first kappa shape index (κ1) is 17.4. The molecular formula is C16H20N4O4S. The van der Waals surface area contributed by atoms with Crippen LogP contribution in [0.25, 0.3) is 0 Å². The smallest absolute Gasteiger partial charge is 0.263 e. The third-order valence-corrected chi connectivity index (χ3v) is 5.04. The van der Waals surface area contributed by atoms with E-state index >= 15 is 0 Å². The van der Waals surface area contributed by atoms with Crippen LogP contribution in [0.2, 0.25) is 0 Å². The molecule has 0 saturated carbocycles. The van der Waals surface area contributed by atoms with Gasteiger partial charge in [0, 0.05) is 13.1 Å². The molecule has 0 bridgehead atoms. The highest BCUT2D eigenvalue weighted by molar-refractivity contribution is 7.92. The van der Waals surface area contributed by atoms with E-state index in [0.717, 1.165) is 13.1 Å². The van der Waals surface area contributed by atoms with Gasteiger partial charge in [-0.25, -0.2) is 8.42 Å². The van der Waals surface area contributed by atoms with E-state index in [-0.39, 0.29) is 10.7 Å². The Morgan fingerprint density at radius 1 is 1.12 bits per heavy atom. The van der Waals surface area contributed by atoms with Crippen molar-refractivity contribution in [3.05, 3.63) is 36.4 Å². The molecule has 0 unspecified atom stereocenters. The average Bonchev–Trinajstić information content (AvgIpc) is 2.63. The van der Waals surface area contributed by atoms with Gasteiger partial charge >= 0.3 is 0 Å². The molecule has 1 fully saturated rings. The van der Waals surface area contributed by atoms with Crippen LogP contribution in [0.5, 0.6) is 5.75 Å². The minimum Gasteiger partial charge on any atom is -0.494 e. The molecular weight excluding hydrogens is 344 g/mol. The highest BCUT2D eigenvalue weighted by Gasteiger charge is 2.17. The summed E-state index contributed by atoms with van der Waals surface area (Å²) in [4.78, 5) is 2.18. The van der Waals surface area contributed by atoms with Gasteiger partial charge in [-0.05, 0) is 43.3 Å². The molecule has 134 valence electrons. The zero-order valence-corrected chi connectivity index (χ0v) is 14.7. The summed E-state index contributed by atoms with van der Waals surface area (Å²) in [6, 6.07) is 9.56. The Kier molecular flexibility index (Phi) is 5.34. The summed E-state index contributed by atoms with van der Waals surface area (Å²) >= 11 is 0. The summed E-state index contributed by atoms with van der Waals surface area (Å²) in [6.07, 6.45) is 0. The number of rotatable bonds is 6. The van der Waals surface area contributed by atoms with Gasteiger partial charge in [0.05, 0.1) is 24.7 Å². The van der Waals surface area contributed by atoms with E-state index in [9.17, 15) is 8.42 Å². The van der Waals surface area contributed by atoms with Crippen LogP contribution in [0.1, 0.15) is 6.92 Å². The van der Waals surface area contributed by atoms with E-state index in [1.807, 2.05) is 11.8 Å². The standard InChI is InChI=1S/C16H20N4O4S/c1-2-24-13-3-5-14(6-4-13)25(21,22)19-15-7-8-16(18-17-15)20-9-11-23-12-10-20/h3-8H,2,9-12H2,1H3,(H,17,19). The Morgan fingerprint density at radius 2 is 1.84 bits per heavy atom. The largest absolute Gasteiger partial charge is 0.494 e. The van der Waals surface area contributed by atoms with Gasteiger partial charge in [0.2, 0.25) is 0 Å². The van der Waals surface area contributed by atoms with Crippen LogP contribution in [0.15, 0.2) is 41.3 Å². The maximum atomic E-state index is 12.4. The van der Waals surface area contributed by atoms with E-state index in [1.54, 1.807) is 24.3 Å². The van der Waals surface area contributed by atoms with Gasteiger partial charge < -0.3 is 14.4 Å². The molecule has 0 aliphatic carbocycles. The second-order valence-electron chi connectivity index (χ2n) is 5.39. The summed E-state index contributed by atoms with van der Waals surface area (Å²) in [5, 5.41) is 8.06. The zero-order chi connectivity index (χ0) is 17.7. The maximum Gasteiger partial charge on any atom is 0.263 e. The second-order valence-corrected chi connectivity index (χ2v) is 7.07. The van der Waals surface area contributed by atoms with E-state index in [1.165, 1.54) is 12.1 Å². The first-order valence-corrected chi connectivity index (χ1v) is 9.49. The highest BCUT2D eigenvalue weighted by atomic mass is 32.2. The molecule has 0 amide bonds. The first-order chi connectivity index (χ1) is 12.1. The topological polar surface area (TPSA) is 93.7 Å². The van der Waals surface area contributed by atoms with Crippen molar-refractivity contribution in [3.8, 4) is 5.75 Å². The molecule has 1 aliphatic rings. The summed E-state index contributed by atoms with van der Waals surface area (Å²) in [5.74, 6) is 1.49. The molecule has 1 aliphatic heterocycles. The summed E-state index contributed by atoms with van der Waals surface area (Å²) in [7, 11) is -3.72. The predicted molar refractivity (Wildman–Crippen MR) is 93.5 cm³/mol. The molecule has 25 heavy (non-hydrogen) atoms. The van der Waals surface area contributed by atoms with Crippen LogP contribution in [0, 0.1) is 0 Å². The number of ether oxygens (including phenoxy) is 2. The van der Waals surface area contributed by atoms with E-state index in [0.29, 0.717) is 31.4 Å². The number of benzene rings is 1. The lowest BCUT2D eigenvalue weighted by molar-refractivity contribution is 0.122. The lowest BCUT2D eigenvalue weighted by atomic mass is 10.3. The van der Waals surface area contributed by atoms with E-state index < -0.39 is 10.0 Å². The zero-order valence-electron chi connectivity index (χ0n) is 13.9. The van der Waals surface area contributed by atoms with Gasteiger partial charge in [0.25, 0.3) is 10.0 Å². The highest BCUT2D eigenvalue weighted by Crippen LogP contribution is 2.19. The normalized spacial score (nSPS) is 15.0. The average molecular weight is 364 g/mol. The third kappa shape index (κ3) is 4.37. The number of hydrogen-bond acceptors (Lipinski definition) is 7. The molecule has 0 spiro atoms. The van der Waals surface area contributed by atoms with Crippen LogP contribution < -0.4 is 14.4 Å². The molecule has 8 nitrogen and oxygen atoms in total. The molecule has 0 radical (unpaired) electrons. The van der Waals surface area contributed by atoms with Crippen molar-refractivity contribution in [2.45, 2.75) is 11.8 Å². The third-order valence-electron chi connectivity index (χ3n) is 3.67. The van der Waals surface area contributed by atoms with Crippen LogP contribution in [0.3, 0.4) is 0 Å². The number of nitrogens with zero attached hydrogens (tertiary/aromatic N) is 3. The first-order valence-electron chi connectivity index (χ1n) is 8.00. The Bertz CT molecular complexity index is 788. The van der Waals surface area contributed by atoms with Gasteiger partial charge in [-0.3, -0.25) is 4.72 Å². The molecule has 1 aromatic heterocycles. The van der Waals surface area contributed by atoms with Crippen LogP contribution in [-0.2, 0) is 14.8 Å². The lowest BCUT2D eigenvalue weighted by Gasteiger charge is -2.27. The summed E-state index contributed by atoms with van der Waals surface area (Å²) in [5.41, 5.74) is 0. The number of hydrogen-bond donors (Lipinski definition) is 1. The van der Waals surface area contributed by atoms with Gasteiger partial charge in [0.15, 0.2) is 11.6 Å². The van der Waals surface area contributed by atoms with Crippen molar-refractivity contribution in [2.75, 3.05) is 42.5 Å². The van der Waals surface area contributed by atoms with Gasteiger partial charge in [-0.15, -0.1) is 10.2 Å². The summed E-state index contributed by atoms with van der Waals surface area (Å²) < 4.78 is 37.9. The molecule has 3 rings (SSSR count). The minimum absolute atomic E-state index is 0.134. The van der Waals surface area contributed by atoms with Crippen molar-refractivity contribution in [3.63, 3.8) is 0 Å². The van der Waals surface area contributed by atoms with Crippen molar-refractivity contribution in [2.24, 2.45) is 0 Å². The van der Waals surface area contributed by atoms with E-state index in [4.69, 9.17) is 9.47 Å². The SMILES string of the molecule is CCOc1ccc(S(=O)(=O)Nc2ccc(N3CCOCC3)nn2)cc1.